The number of imide groups is 1. The molecule has 0 aromatic heterocycles. The molecule has 0 saturated heterocycles. The molecule has 1 rings (SSSR count). The van der Waals surface area contributed by atoms with Crippen molar-refractivity contribution in [3.8, 4) is 6.07 Å². The highest BCUT2D eigenvalue weighted by Gasteiger charge is 2.09. The van der Waals surface area contributed by atoms with Gasteiger partial charge in [-0.1, -0.05) is 6.07 Å². The summed E-state index contributed by atoms with van der Waals surface area (Å²) in [5, 5.41) is 13.4. The first-order valence-corrected chi connectivity index (χ1v) is 5.78. The minimum atomic E-state index is -0.636. The van der Waals surface area contributed by atoms with Crippen LogP contribution < -0.4 is 10.6 Å². The zero-order valence-electron chi connectivity index (χ0n) is 9.79. The van der Waals surface area contributed by atoms with Crippen molar-refractivity contribution in [1.82, 2.24) is 5.32 Å². The normalized spacial score (nSPS) is 9.39. The predicted molar refractivity (Wildman–Crippen MR) is 68.4 cm³/mol. The molecule has 0 atom stereocenters. The molecule has 0 radical (unpaired) electrons. The van der Waals surface area contributed by atoms with E-state index >= 15 is 0 Å². The van der Waals surface area contributed by atoms with Crippen molar-refractivity contribution in [2.45, 2.75) is 13.3 Å². The van der Waals surface area contributed by atoms with Crippen molar-refractivity contribution in [2.24, 2.45) is 0 Å². The molecule has 2 N–H and O–H groups in total. The molecule has 0 spiro atoms. The molecule has 0 aliphatic heterocycles. The predicted octanol–water partition coefficient (Wildman–Crippen LogP) is 2.14. The highest BCUT2D eigenvalue weighted by atomic mass is 35.5. The second-order valence-corrected chi connectivity index (χ2v) is 3.96. The van der Waals surface area contributed by atoms with Crippen molar-refractivity contribution >= 4 is 29.2 Å². The topological polar surface area (TPSA) is 82.0 Å². The third kappa shape index (κ3) is 4.07. The number of nitriles is 1. The number of urea groups is 1. The number of amides is 3. The summed E-state index contributed by atoms with van der Waals surface area (Å²) in [5.41, 5.74) is 1.72. The van der Waals surface area contributed by atoms with Gasteiger partial charge in [-0.3, -0.25) is 10.1 Å². The highest BCUT2D eigenvalue weighted by Crippen LogP contribution is 2.16. The zero-order chi connectivity index (χ0) is 13.5. The first-order chi connectivity index (χ1) is 8.56. The molecule has 0 saturated carbocycles. The van der Waals surface area contributed by atoms with Gasteiger partial charge in [0.1, 0.15) is 0 Å². The number of hydrogen-bond acceptors (Lipinski definition) is 3. The average molecular weight is 266 g/mol. The molecule has 0 fully saturated rings. The highest BCUT2D eigenvalue weighted by molar-refractivity contribution is 6.19. The summed E-state index contributed by atoms with van der Waals surface area (Å²) in [6.07, 6.45) is 0.0756. The van der Waals surface area contributed by atoms with Gasteiger partial charge in [0.25, 0.3) is 0 Å². The van der Waals surface area contributed by atoms with E-state index in [9.17, 15) is 9.59 Å². The lowest BCUT2D eigenvalue weighted by atomic mass is 10.1. The van der Waals surface area contributed by atoms with Crippen LogP contribution in [0.4, 0.5) is 10.5 Å². The fourth-order valence-electron chi connectivity index (χ4n) is 1.25. The average Bonchev–Trinajstić information content (AvgIpc) is 2.32. The van der Waals surface area contributed by atoms with Crippen molar-refractivity contribution < 1.29 is 9.59 Å². The van der Waals surface area contributed by atoms with Gasteiger partial charge >= 0.3 is 6.03 Å². The number of aryl methyl sites for hydroxylation is 1. The Hall–Kier alpha value is -2.06. The largest absolute Gasteiger partial charge is 0.325 e. The maximum atomic E-state index is 11.5. The SMILES string of the molecule is Cc1ccc(C#N)cc1NC(=O)NC(=O)CCCl. The van der Waals surface area contributed by atoms with Gasteiger partial charge in [-0.05, 0) is 24.6 Å². The molecule has 3 amide bonds. The third-order valence-electron chi connectivity index (χ3n) is 2.19. The lowest BCUT2D eigenvalue weighted by molar-refractivity contribution is -0.119. The van der Waals surface area contributed by atoms with Crippen molar-refractivity contribution in [3.05, 3.63) is 29.3 Å². The minimum Gasteiger partial charge on any atom is -0.307 e. The third-order valence-corrected chi connectivity index (χ3v) is 2.38. The van der Waals surface area contributed by atoms with E-state index in [0.717, 1.165) is 5.56 Å². The van der Waals surface area contributed by atoms with E-state index in [1.165, 1.54) is 0 Å². The van der Waals surface area contributed by atoms with E-state index in [-0.39, 0.29) is 12.3 Å². The number of carbonyl (C=O) groups is 2. The van der Waals surface area contributed by atoms with E-state index in [0.29, 0.717) is 11.3 Å². The molecule has 0 aliphatic rings. The van der Waals surface area contributed by atoms with E-state index in [1.807, 2.05) is 6.07 Å². The maximum absolute atomic E-state index is 11.5. The molecule has 0 bridgehead atoms. The Labute approximate surface area is 110 Å². The van der Waals surface area contributed by atoms with Crippen molar-refractivity contribution in [1.29, 1.82) is 5.26 Å². The Morgan fingerprint density at radius 2 is 2.17 bits per heavy atom. The molecule has 5 nitrogen and oxygen atoms in total. The van der Waals surface area contributed by atoms with Crippen LogP contribution in [0.2, 0.25) is 0 Å². The summed E-state index contributed by atoms with van der Waals surface area (Å²) in [6.45, 7) is 1.79. The quantitative estimate of drug-likeness (QED) is 0.822. The number of rotatable bonds is 3. The second kappa shape index (κ2) is 6.62. The standard InChI is InChI=1S/C12H12ClN3O2/c1-8-2-3-9(7-14)6-10(8)15-12(18)16-11(17)4-5-13/h2-3,6H,4-5H2,1H3,(H2,15,16,17,18). The van der Waals surface area contributed by atoms with E-state index in [2.05, 4.69) is 10.6 Å². The zero-order valence-corrected chi connectivity index (χ0v) is 10.5. The smallest absolute Gasteiger partial charge is 0.307 e. The summed E-state index contributed by atoms with van der Waals surface area (Å²) in [7, 11) is 0. The van der Waals surface area contributed by atoms with Crippen LogP contribution in [0.15, 0.2) is 18.2 Å². The summed E-state index contributed by atoms with van der Waals surface area (Å²) >= 11 is 5.38. The number of halogens is 1. The first kappa shape index (κ1) is 14.0. The van der Waals surface area contributed by atoms with E-state index in [1.54, 1.807) is 25.1 Å². The molecule has 1 aromatic rings. The first-order valence-electron chi connectivity index (χ1n) is 5.24. The van der Waals surface area contributed by atoms with Crippen LogP contribution in [0.1, 0.15) is 17.5 Å². The van der Waals surface area contributed by atoms with Gasteiger partial charge in [-0.2, -0.15) is 5.26 Å². The number of carbonyl (C=O) groups excluding carboxylic acids is 2. The lowest BCUT2D eigenvalue weighted by Gasteiger charge is -2.09. The second-order valence-electron chi connectivity index (χ2n) is 3.58. The van der Waals surface area contributed by atoms with Gasteiger partial charge in [-0.25, -0.2) is 4.79 Å². The molecule has 1 aromatic carbocycles. The summed E-state index contributed by atoms with van der Waals surface area (Å²) in [6, 6.07) is 6.25. The fraction of sp³-hybridized carbons (Fsp3) is 0.250. The molecule has 0 heterocycles. The minimum absolute atomic E-state index is 0.0756. The number of anilines is 1. The number of hydrogen-bond donors (Lipinski definition) is 2. The van der Waals surface area contributed by atoms with Crippen LogP contribution in [0.3, 0.4) is 0 Å². The van der Waals surface area contributed by atoms with Crippen LogP contribution >= 0.6 is 11.6 Å². The van der Waals surface area contributed by atoms with Gasteiger partial charge in [-0.15, -0.1) is 11.6 Å². The van der Waals surface area contributed by atoms with Gasteiger partial charge in [0, 0.05) is 18.0 Å². The molecule has 18 heavy (non-hydrogen) atoms. The van der Waals surface area contributed by atoms with Crippen molar-refractivity contribution in [3.63, 3.8) is 0 Å². The number of benzene rings is 1. The maximum Gasteiger partial charge on any atom is 0.325 e. The summed E-state index contributed by atoms with van der Waals surface area (Å²) in [5.74, 6) is -0.293. The van der Waals surface area contributed by atoms with Gasteiger partial charge in [0.05, 0.1) is 11.6 Å². The summed E-state index contributed by atoms with van der Waals surface area (Å²) < 4.78 is 0. The molecule has 0 unspecified atom stereocenters. The lowest BCUT2D eigenvalue weighted by Crippen LogP contribution is -2.34. The van der Waals surface area contributed by atoms with Crippen LogP contribution in [-0.2, 0) is 4.79 Å². The van der Waals surface area contributed by atoms with Gasteiger partial charge in [0.15, 0.2) is 0 Å². The number of nitrogens with zero attached hydrogens (tertiary/aromatic N) is 1. The Kier molecular flexibility index (Phi) is 5.15. The Morgan fingerprint density at radius 3 is 2.78 bits per heavy atom. The van der Waals surface area contributed by atoms with E-state index in [4.69, 9.17) is 16.9 Å². The Bertz CT molecular complexity index is 509. The molecular formula is C12H12ClN3O2. The monoisotopic (exact) mass is 265 g/mol. The molecule has 94 valence electrons. The van der Waals surface area contributed by atoms with E-state index < -0.39 is 11.9 Å². The fourth-order valence-corrected chi connectivity index (χ4v) is 1.43. The van der Waals surface area contributed by atoms with Crippen LogP contribution in [0.25, 0.3) is 0 Å². The van der Waals surface area contributed by atoms with Crippen LogP contribution in [0.5, 0.6) is 0 Å². The van der Waals surface area contributed by atoms with Crippen LogP contribution in [-0.4, -0.2) is 17.8 Å². The number of alkyl halides is 1. The molecule has 0 aliphatic carbocycles. The van der Waals surface area contributed by atoms with Gasteiger partial charge in [0.2, 0.25) is 5.91 Å². The van der Waals surface area contributed by atoms with Gasteiger partial charge < -0.3 is 5.32 Å². The molecule has 6 heteroatoms. The van der Waals surface area contributed by atoms with Crippen molar-refractivity contribution in [2.75, 3.05) is 11.2 Å². The summed E-state index contributed by atoms with van der Waals surface area (Å²) in [4.78, 5) is 22.6. The number of nitrogens with one attached hydrogen (secondary N) is 2. The Morgan fingerprint density at radius 1 is 1.44 bits per heavy atom. The Balaban J connectivity index is 2.70. The van der Waals surface area contributed by atoms with Crippen LogP contribution in [0, 0.1) is 18.3 Å². The molecular weight excluding hydrogens is 254 g/mol.